The van der Waals surface area contributed by atoms with Gasteiger partial charge in [0.25, 0.3) is 0 Å². The van der Waals surface area contributed by atoms with E-state index in [0.717, 1.165) is 63.2 Å². The van der Waals surface area contributed by atoms with Crippen LogP contribution in [-0.4, -0.2) is 30.7 Å². The summed E-state index contributed by atoms with van der Waals surface area (Å²) in [6.07, 6.45) is 1.92. The third-order valence-corrected chi connectivity index (χ3v) is 7.50. The molecule has 0 unspecified atom stereocenters. The molecule has 42 heavy (non-hydrogen) atoms. The fraction of sp³-hybridized carbons (Fsp3) is 0.250. The van der Waals surface area contributed by atoms with Crippen molar-refractivity contribution in [2.24, 2.45) is 7.05 Å². The minimum absolute atomic E-state index is 0.312. The van der Waals surface area contributed by atoms with E-state index in [0.29, 0.717) is 12.1 Å². The van der Waals surface area contributed by atoms with E-state index in [9.17, 15) is 4.79 Å². The fourth-order valence-electron chi connectivity index (χ4n) is 5.52. The van der Waals surface area contributed by atoms with Crippen molar-refractivity contribution in [2.45, 2.75) is 52.7 Å². The molecule has 4 aromatic carbocycles. The lowest BCUT2D eigenvalue weighted by molar-refractivity contribution is 0.00704. The molecule has 2 aromatic heterocycles. The Balaban J connectivity index is 1.34. The van der Waals surface area contributed by atoms with E-state index in [-0.39, 0.29) is 5.97 Å². The summed E-state index contributed by atoms with van der Waals surface area (Å²) in [5, 5.41) is 0. The number of aromatic nitrogens is 4. The first-order valence-electron chi connectivity index (χ1n) is 14.5. The highest BCUT2D eigenvalue weighted by Gasteiger charge is 2.21. The number of hydrogen-bond acceptors (Lipinski definition) is 4. The number of carbonyl (C=O) groups is 1. The summed E-state index contributed by atoms with van der Waals surface area (Å²) in [6.45, 7) is 8.54. The van der Waals surface area contributed by atoms with E-state index < -0.39 is 5.60 Å². The predicted molar refractivity (Wildman–Crippen MR) is 170 cm³/mol. The van der Waals surface area contributed by atoms with Crippen LogP contribution in [0.25, 0.3) is 44.6 Å². The second kappa shape index (κ2) is 10.9. The second-order valence-electron chi connectivity index (χ2n) is 11.8. The molecular weight excluding hydrogens is 520 g/mol. The molecule has 0 radical (unpaired) electrons. The molecule has 0 amide bonds. The van der Waals surface area contributed by atoms with Gasteiger partial charge in [0.05, 0.1) is 27.6 Å². The van der Waals surface area contributed by atoms with Crippen molar-refractivity contribution in [3.8, 4) is 22.5 Å². The molecular formula is C36H36N4O2. The maximum Gasteiger partial charge on any atom is 0.339 e. The van der Waals surface area contributed by atoms with Crippen LogP contribution >= 0.6 is 0 Å². The highest BCUT2D eigenvalue weighted by atomic mass is 16.6. The molecule has 0 spiro atoms. The first-order valence-corrected chi connectivity index (χ1v) is 14.5. The topological polar surface area (TPSA) is 61.9 Å². The molecule has 0 bridgehead atoms. The van der Waals surface area contributed by atoms with Gasteiger partial charge >= 0.3 is 5.97 Å². The lowest BCUT2D eigenvalue weighted by Gasteiger charge is -2.20. The zero-order valence-corrected chi connectivity index (χ0v) is 24.9. The number of hydrogen-bond donors (Lipinski definition) is 0. The number of fused-ring (bicyclic) bond motifs is 2. The molecule has 0 fully saturated rings. The van der Waals surface area contributed by atoms with Gasteiger partial charge in [-0.05, 0) is 80.3 Å². The van der Waals surface area contributed by atoms with E-state index in [2.05, 4.69) is 77.7 Å². The zero-order chi connectivity index (χ0) is 29.4. The summed E-state index contributed by atoms with van der Waals surface area (Å²) in [7, 11) is 2.07. The number of ether oxygens (including phenoxy) is 1. The molecule has 6 rings (SSSR count). The number of carbonyl (C=O) groups excluding carboxylic acids is 1. The molecule has 212 valence electrons. The summed E-state index contributed by atoms with van der Waals surface area (Å²) in [4.78, 5) is 22.9. The van der Waals surface area contributed by atoms with Crippen molar-refractivity contribution in [1.29, 1.82) is 0 Å². The average molecular weight is 557 g/mol. The van der Waals surface area contributed by atoms with Crippen LogP contribution in [0, 0.1) is 0 Å². The van der Waals surface area contributed by atoms with Crippen LogP contribution in [0.1, 0.15) is 55.9 Å². The monoisotopic (exact) mass is 556 g/mol. The molecule has 2 heterocycles. The van der Waals surface area contributed by atoms with Crippen LogP contribution in [-0.2, 0) is 24.8 Å². The van der Waals surface area contributed by atoms with Gasteiger partial charge in [0.2, 0.25) is 0 Å². The first kappa shape index (κ1) is 27.5. The van der Waals surface area contributed by atoms with Gasteiger partial charge in [0, 0.05) is 25.6 Å². The SMILES string of the molecule is CCCc1nc2ccc(-c3nc4ccccc4n3C)cc2n1Cc1ccc(-c2ccccc2C(=O)OC(C)(C)C)cc1. The Morgan fingerprint density at radius 3 is 2.24 bits per heavy atom. The number of esters is 1. The van der Waals surface area contributed by atoms with Crippen LogP contribution in [0.15, 0.2) is 91.0 Å². The summed E-state index contributed by atoms with van der Waals surface area (Å²) in [6, 6.07) is 30.7. The molecule has 0 saturated carbocycles. The Kier molecular flexibility index (Phi) is 7.15. The van der Waals surface area contributed by atoms with Gasteiger partial charge in [-0.2, -0.15) is 0 Å². The molecule has 6 heteroatoms. The minimum Gasteiger partial charge on any atom is -0.456 e. The molecule has 0 aliphatic heterocycles. The second-order valence-corrected chi connectivity index (χ2v) is 11.8. The van der Waals surface area contributed by atoms with Crippen LogP contribution in [0.2, 0.25) is 0 Å². The summed E-state index contributed by atoms with van der Waals surface area (Å²) < 4.78 is 10.1. The lowest BCUT2D eigenvalue weighted by Crippen LogP contribution is -2.24. The highest BCUT2D eigenvalue weighted by Crippen LogP contribution is 2.30. The molecule has 0 atom stereocenters. The van der Waals surface area contributed by atoms with Gasteiger partial charge in [-0.3, -0.25) is 0 Å². The number of para-hydroxylation sites is 2. The van der Waals surface area contributed by atoms with Crippen molar-refractivity contribution < 1.29 is 9.53 Å². The minimum atomic E-state index is -0.554. The molecule has 6 nitrogen and oxygen atoms in total. The van der Waals surface area contributed by atoms with Crippen LogP contribution in [0.3, 0.4) is 0 Å². The van der Waals surface area contributed by atoms with Crippen molar-refractivity contribution in [2.75, 3.05) is 0 Å². The normalized spacial score (nSPS) is 11.8. The van der Waals surface area contributed by atoms with Crippen LogP contribution in [0.4, 0.5) is 0 Å². The molecule has 0 aliphatic carbocycles. The van der Waals surface area contributed by atoms with E-state index in [1.807, 2.05) is 57.2 Å². The molecule has 0 N–H and O–H groups in total. The molecule has 6 aromatic rings. The number of rotatable bonds is 7. The van der Waals surface area contributed by atoms with E-state index in [1.165, 1.54) is 5.56 Å². The summed E-state index contributed by atoms with van der Waals surface area (Å²) in [5.41, 5.74) is 8.29. The average Bonchev–Trinajstić information content (AvgIpc) is 3.49. The van der Waals surface area contributed by atoms with Gasteiger partial charge in [-0.1, -0.05) is 61.5 Å². The number of aryl methyl sites for hydroxylation is 2. The fourth-order valence-corrected chi connectivity index (χ4v) is 5.52. The van der Waals surface area contributed by atoms with Gasteiger partial charge in [-0.15, -0.1) is 0 Å². The number of nitrogens with zero attached hydrogens (tertiary/aromatic N) is 4. The zero-order valence-electron chi connectivity index (χ0n) is 24.9. The van der Waals surface area contributed by atoms with E-state index in [4.69, 9.17) is 14.7 Å². The van der Waals surface area contributed by atoms with E-state index in [1.54, 1.807) is 0 Å². The number of imidazole rings is 2. The Labute approximate surface area is 246 Å². The Bertz CT molecular complexity index is 1910. The van der Waals surface area contributed by atoms with Crippen LogP contribution in [0.5, 0.6) is 0 Å². The highest BCUT2D eigenvalue weighted by molar-refractivity contribution is 5.97. The predicted octanol–water partition coefficient (Wildman–Crippen LogP) is 8.21. The molecule has 0 aliphatic rings. The third-order valence-electron chi connectivity index (χ3n) is 7.50. The smallest absolute Gasteiger partial charge is 0.339 e. The summed E-state index contributed by atoms with van der Waals surface area (Å²) >= 11 is 0. The lowest BCUT2D eigenvalue weighted by atomic mass is 9.98. The van der Waals surface area contributed by atoms with Crippen molar-refractivity contribution >= 4 is 28.0 Å². The quantitative estimate of drug-likeness (QED) is 0.186. The maximum absolute atomic E-state index is 12.9. The van der Waals surface area contributed by atoms with Gasteiger partial charge in [0.1, 0.15) is 17.2 Å². The Hall–Kier alpha value is -4.71. The van der Waals surface area contributed by atoms with Crippen molar-refractivity contribution in [3.05, 3.63) is 108 Å². The van der Waals surface area contributed by atoms with Gasteiger partial charge in [-0.25, -0.2) is 14.8 Å². The van der Waals surface area contributed by atoms with Gasteiger partial charge in [0.15, 0.2) is 0 Å². The van der Waals surface area contributed by atoms with E-state index >= 15 is 0 Å². The number of benzene rings is 4. The van der Waals surface area contributed by atoms with Gasteiger partial charge < -0.3 is 13.9 Å². The third kappa shape index (κ3) is 5.32. The first-order chi connectivity index (χ1) is 20.2. The summed E-state index contributed by atoms with van der Waals surface area (Å²) in [5.74, 6) is 1.71. The molecule has 0 saturated heterocycles. The Morgan fingerprint density at radius 2 is 1.50 bits per heavy atom. The standard InChI is InChI=1S/C36H36N4O2/c1-6-11-33-37-30-21-20-26(34-38-29-14-9-10-15-31(29)39(34)5)22-32(30)40(33)23-24-16-18-25(19-17-24)27-12-7-8-13-28(27)35(41)42-36(2,3)4/h7-10,12-22H,6,11,23H2,1-5H3. The van der Waals surface area contributed by atoms with Crippen molar-refractivity contribution in [1.82, 2.24) is 19.1 Å². The largest absolute Gasteiger partial charge is 0.456 e. The van der Waals surface area contributed by atoms with Crippen LogP contribution < -0.4 is 0 Å². The van der Waals surface area contributed by atoms with Crippen molar-refractivity contribution in [3.63, 3.8) is 0 Å². The Morgan fingerprint density at radius 1 is 0.810 bits per heavy atom. The maximum atomic E-state index is 12.9.